The lowest BCUT2D eigenvalue weighted by molar-refractivity contribution is -0.138. The van der Waals surface area contributed by atoms with Crippen LogP contribution in [0.4, 0.5) is 10.3 Å². The third-order valence-electron chi connectivity index (χ3n) is 8.33. The number of fused-ring (bicyclic) bond motifs is 2. The molecule has 0 spiro atoms. The number of carbonyl (C=O) groups is 6. The van der Waals surface area contributed by atoms with Crippen LogP contribution < -0.4 is 26.0 Å². The zero-order chi connectivity index (χ0) is 43.4. The lowest BCUT2D eigenvalue weighted by atomic mass is 10.1. The Balaban J connectivity index is 0.000000336. The molecular weight excluding hydrogens is 861 g/mol. The average Bonchev–Trinajstić information content (AvgIpc) is 3.81. The second-order valence-corrected chi connectivity index (χ2v) is 16.4. The molecule has 4 aromatic rings. The number of para-hydroxylation sites is 2. The number of aromatic nitrogens is 2. The van der Waals surface area contributed by atoms with E-state index in [-0.39, 0.29) is 29.1 Å². The van der Waals surface area contributed by atoms with Gasteiger partial charge in [0, 0.05) is 45.1 Å². The average molecular weight is 920 g/mol. The van der Waals surface area contributed by atoms with Crippen LogP contribution in [-0.2, 0) is 28.8 Å². The SMILES string of the molecule is CC(=O)Nc1nc2c(O)cccc2s1.CCCCCC(=O)C(=O)NCCCCCBr.CCCCCC(=O)C(=O)NCCCCCOc1cccc2sc(NC(C)=O)nc12. The van der Waals surface area contributed by atoms with Crippen LogP contribution in [0.5, 0.6) is 11.5 Å². The summed E-state index contributed by atoms with van der Waals surface area (Å²) in [6, 6.07) is 10.9. The Bertz CT molecular complexity index is 1940. The van der Waals surface area contributed by atoms with Gasteiger partial charge in [0.05, 0.1) is 16.0 Å². The molecule has 14 nitrogen and oxygen atoms in total. The molecule has 0 atom stereocenters. The minimum Gasteiger partial charge on any atom is -0.506 e. The molecule has 17 heteroatoms. The number of thiazole rings is 2. The molecule has 5 N–H and O–H groups in total. The number of phenolic OH excluding ortho intramolecular Hbond substituents is 1. The zero-order valence-corrected chi connectivity index (χ0v) is 37.8. The van der Waals surface area contributed by atoms with E-state index in [1.54, 1.807) is 12.1 Å². The second kappa shape index (κ2) is 29.7. The highest BCUT2D eigenvalue weighted by Gasteiger charge is 2.14. The van der Waals surface area contributed by atoms with Crippen molar-refractivity contribution in [1.29, 1.82) is 0 Å². The van der Waals surface area contributed by atoms with E-state index in [0.717, 1.165) is 97.3 Å². The molecule has 59 heavy (non-hydrogen) atoms. The number of aromatic hydroxyl groups is 1. The maximum Gasteiger partial charge on any atom is 0.287 e. The van der Waals surface area contributed by atoms with Gasteiger partial charge in [0.1, 0.15) is 22.5 Å². The molecule has 0 fully saturated rings. The number of Topliss-reactive ketones (excluding diaryl/α,β-unsaturated/α-hetero) is 2. The topological polar surface area (TPSA) is 206 Å². The van der Waals surface area contributed by atoms with Crippen molar-refractivity contribution in [3.63, 3.8) is 0 Å². The number of benzene rings is 2. The smallest absolute Gasteiger partial charge is 0.287 e. The first-order valence-corrected chi connectivity index (χ1v) is 23.0. The van der Waals surface area contributed by atoms with Crippen molar-refractivity contribution >= 4 is 104 Å². The largest absolute Gasteiger partial charge is 0.506 e. The molecule has 0 bridgehead atoms. The van der Waals surface area contributed by atoms with E-state index >= 15 is 0 Å². The first-order valence-electron chi connectivity index (χ1n) is 20.2. The fourth-order valence-electron chi connectivity index (χ4n) is 5.26. The summed E-state index contributed by atoms with van der Waals surface area (Å²) in [4.78, 5) is 76.4. The summed E-state index contributed by atoms with van der Waals surface area (Å²) in [7, 11) is 0. The van der Waals surface area contributed by atoms with Gasteiger partial charge in [-0.25, -0.2) is 9.97 Å². The summed E-state index contributed by atoms with van der Waals surface area (Å²) in [5, 5.41) is 22.1. The van der Waals surface area contributed by atoms with E-state index in [1.165, 1.54) is 36.5 Å². The van der Waals surface area contributed by atoms with Gasteiger partial charge in [0.15, 0.2) is 10.3 Å². The van der Waals surface area contributed by atoms with Gasteiger partial charge in [-0.05, 0) is 69.2 Å². The number of hydrogen-bond donors (Lipinski definition) is 5. The van der Waals surface area contributed by atoms with Gasteiger partial charge >= 0.3 is 0 Å². The molecule has 0 saturated heterocycles. The third kappa shape index (κ3) is 20.9. The molecule has 2 heterocycles. The fourth-order valence-corrected chi connectivity index (χ4v) is 7.52. The number of hydrogen-bond acceptors (Lipinski definition) is 12. The van der Waals surface area contributed by atoms with Crippen molar-refractivity contribution in [2.75, 3.05) is 35.7 Å². The van der Waals surface area contributed by atoms with Gasteiger partial charge in [-0.3, -0.25) is 28.8 Å². The summed E-state index contributed by atoms with van der Waals surface area (Å²) in [6.45, 7) is 8.67. The molecule has 2 aromatic heterocycles. The molecule has 324 valence electrons. The maximum absolute atomic E-state index is 11.7. The van der Waals surface area contributed by atoms with E-state index in [9.17, 15) is 33.9 Å². The highest BCUT2D eigenvalue weighted by Crippen LogP contribution is 2.33. The number of unbranched alkanes of at least 4 members (excludes halogenated alkanes) is 8. The standard InChI is InChI=1S/C21H29N3O4S.C12H22BrNO2.C9H8N2O2S/c1-3-4-6-10-16(26)20(27)22-13-7-5-8-14-28-17-11-9-12-18-19(17)24-21(29-18)23-15(2)25;1-2-3-5-8-11(15)12(16)14-10-7-4-6-9-13;1-5(12)10-9-11-8-6(13)3-2-4-7(8)14-9/h9,11-12H,3-8,10,13-14H2,1-2H3,(H,22,27)(H,23,24,25);2-10H2,1H3,(H,14,16);2-4,13H,1H3,(H,10,11,12). The van der Waals surface area contributed by atoms with Crippen molar-refractivity contribution in [3.05, 3.63) is 36.4 Å². The van der Waals surface area contributed by atoms with Crippen molar-refractivity contribution in [2.45, 2.75) is 118 Å². The van der Waals surface area contributed by atoms with Crippen LogP contribution in [0.1, 0.15) is 118 Å². The van der Waals surface area contributed by atoms with Gasteiger partial charge in [0.2, 0.25) is 23.4 Å². The Labute approximate surface area is 363 Å². The fraction of sp³-hybridized carbons (Fsp3) is 0.524. The van der Waals surface area contributed by atoms with Crippen LogP contribution in [-0.4, -0.2) is 75.3 Å². The van der Waals surface area contributed by atoms with Gasteiger partial charge < -0.3 is 31.1 Å². The summed E-state index contributed by atoms with van der Waals surface area (Å²) in [5.74, 6) is -0.954. The number of amides is 4. The molecule has 0 saturated carbocycles. The van der Waals surface area contributed by atoms with Crippen LogP contribution in [0.3, 0.4) is 0 Å². The Morgan fingerprint density at radius 3 is 1.63 bits per heavy atom. The van der Waals surface area contributed by atoms with Crippen molar-refractivity contribution < 1.29 is 38.6 Å². The number of halogens is 1. The minimum atomic E-state index is -0.470. The number of alkyl halides is 1. The number of nitrogens with one attached hydrogen (secondary N) is 4. The van der Waals surface area contributed by atoms with Gasteiger partial charge in [0.25, 0.3) is 11.8 Å². The highest BCUT2D eigenvalue weighted by atomic mass is 79.9. The van der Waals surface area contributed by atoms with E-state index in [4.69, 9.17) is 4.74 Å². The Hall–Kier alpha value is -4.48. The van der Waals surface area contributed by atoms with Gasteiger partial charge in [-0.15, -0.1) is 0 Å². The monoisotopic (exact) mass is 918 g/mol. The summed E-state index contributed by atoms with van der Waals surface area (Å²) < 4.78 is 7.66. The van der Waals surface area contributed by atoms with Crippen molar-refractivity contribution in [3.8, 4) is 11.5 Å². The predicted octanol–water partition coefficient (Wildman–Crippen LogP) is 8.85. The van der Waals surface area contributed by atoms with Gasteiger partial charge in [-0.2, -0.15) is 0 Å². The molecule has 0 aliphatic carbocycles. The Morgan fingerprint density at radius 2 is 1.14 bits per heavy atom. The molecule has 4 rings (SSSR count). The molecule has 0 aliphatic rings. The molecule has 0 radical (unpaired) electrons. The Morgan fingerprint density at radius 1 is 0.644 bits per heavy atom. The molecule has 0 unspecified atom stereocenters. The molecule has 4 amide bonds. The Kier molecular flexibility index (Phi) is 25.5. The van der Waals surface area contributed by atoms with Crippen LogP contribution >= 0.6 is 38.6 Å². The number of nitrogens with zero attached hydrogens (tertiary/aromatic N) is 2. The summed E-state index contributed by atoms with van der Waals surface area (Å²) in [5.41, 5.74) is 1.27. The van der Waals surface area contributed by atoms with Crippen LogP contribution in [0, 0.1) is 0 Å². The zero-order valence-electron chi connectivity index (χ0n) is 34.6. The number of ketones is 2. The number of anilines is 2. The van der Waals surface area contributed by atoms with Crippen LogP contribution in [0.2, 0.25) is 0 Å². The van der Waals surface area contributed by atoms with Crippen molar-refractivity contribution in [2.24, 2.45) is 0 Å². The lowest BCUT2D eigenvalue weighted by Gasteiger charge is -2.07. The first kappa shape index (κ1) is 50.7. The molecular formula is C42H59BrN6O8S2. The summed E-state index contributed by atoms with van der Waals surface area (Å²) in [6.07, 6.45) is 12.1. The first-order chi connectivity index (χ1) is 28.4. The second-order valence-electron chi connectivity index (χ2n) is 13.6. The number of rotatable bonds is 24. The molecule has 2 aromatic carbocycles. The number of carbonyl (C=O) groups excluding carboxylic acids is 6. The lowest BCUT2D eigenvalue weighted by Crippen LogP contribution is -2.31. The van der Waals surface area contributed by atoms with E-state index < -0.39 is 11.8 Å². The summed E-state index contributed by atoms with van der Waals surface area (Å²) >= 11 is 6.09. The quantitative estimate of drug-likeness (QED) is 0.0256. The van der Waals surface area contributed by atoms with E-state index in [1.807, 2.05) is 24.3 Å². The molecule has 0 aliphatic heterocycles. The number of ether oxygens (including phenoxy) is 1. The van der Waals surface area contributed by atoms with Crippen LogP contribution in [0.25, 0.3) is 20.4 Å². The van der Waals surface area contributed by atoms with Crippen molar-refractivity contribution in [1.82, 2.24) is 20.6 Å². The minimum absolute atomic E-state index is 0.135. The maximum atomic E-state index is 11.7. The number of phenols is 1. The van der Waals surface area contributed by atoms with Crippen LogP contribution in [0.15, 0.2) is 36.4 Å². The van der Waals surface area contributed by atoms with Gasteiger partial charge in [-0.1, -0.05) is 96.7 Å². The van der Waals surface area contributed by atoms with E-state index in [0.29, 0.717) is 54.1 Å². The highest BCUT2D eigenvalue weighted by molar-refractivity contribution is 9.09. The predicted molar refractivity (Wildman–Crippen MR) is 241 cm³/mol. The van der Waals surface area contributed by atoms with E-state index in [2.05, 4.69) is 61.0 Å². The normalized spacial score (nSPS) is 10.5. The third-order valence-corrected chi connectivity index (χ3v) is 10.8.